The van der Waals surface area contributed by atoms with E-state index in [-0.39, 0.29) is 11.8 Å². The predicted octanol–water partition coefficient (Wildman–Crippen LogP) is 7.72. The number of hydrogen-bond donors (Lipinski definition) is 0. The molecule has 4 nitrogen and oxygen atoms in total. The number of carbonyl (C=O) groups is 2. The number of carbonyl (C=O) groups excluding carboxylic acids is 2. The zero-order valence-electron chi connectivity index (χ0n) is 18.9. The summed E-state index contributed by atoms with van der Waals surface area (Å²) in [5.41, 5.74) is 1.33. The lowest BCUT2D eigenvalue weighted by Gasteiger charge is -2.13. The van der Waals surface area contributed by atoms with Crippen LogP contribution in [0.2, 0.25) is 20.1 Å². The maximum atomic E-state index is 12.3. The number of amides is 2. The maximum Gasteiger partial charge on any atom is 0.246 e. The molecule has 2 aromatic rings. The van der Waals surface area contributed by atoms with Gasteiger partial charge >= 0.3 is 0 Å². The molecular weight excluding hydrogens is 546 g/mol. The second-order valence-corrected chi connectivity index (χ2v) is 11.0. The summed E-state index contributed by atoms with van der Waals surface area (Å²) in [6.45, 7) is 3.17. The van der Waals surface area contributed by atoms with Crippen LogP contribution in [0.3, 0.4) is 0 Å². The third-order valence-electron chi connectivity index (χ3n) is 6.02. The van der Waals surface area contributed by atoms with E-state index in [0.29, 0.717) is 41.0 Å². The van der Waals surface area contributed by atoms with Gasteiger partial charge in [-0.1, -0.05) is 70.3 Å². The molecule has 0 aromatic heterocycles. The van der Waals surface area contributed by atoms with Gasteiger partial charge in [-0.05, 0) is 61.1 Å². The van der Waals surface area contributed by atoms with Crippen LogP contribution in [-0.2, 0) is 9.59 Å². The molecule has 0 saturated carbocycles. The number of likely N-dealkylation sites (tertiary alicyclic amines) is 2. The van der Waals surface area contributed by atoms with Gasteiger partial charge in [-0.15, -0.1) is 0 Å². The monoisotopic (exact) mass is 568 g/mol. The Balaban J connectivity index is 1.47. The van der Waals surface area contributed by atoms with Crippen molar-refractivity contribution in [2.24, 2.45) is 0 Å². The lowest BCUT2D eigenvalue weighted by Crippen LogP contribution is -2.25. The molecule has 0 aliphatic carbocycles. The zero-order chi connectivity index (χ0) is 24.9. The third-order valence-corrected chi connectivity index (χ3v) is 9.16. The summed E-state index contributed by atoms with van der Waals surface area (Å²) in [6.07, 6.45) is 10.6. The van der Waals surface area contributed by atoms with Crippen LogP contribution < -0.4 is 0 Å². The van der Waals surface area contributed by atoms with Crippen LogP contribution in [0.1, 0.15) is 36.8 Å². The van der Waals surface area contributed by atoms with Crippen molar-refractivity contribution in [2.45, 2.75) is 35.5 Å². The van der Waals surface area contributed by atoms with Gasteiger partial charge in [-0.2, -0.15) is 0 Å². The second kappa shape index (κ2) is 12.1. The molecule has 2 fully saturated rings. The first-order valence-corrected chi connectivity index (χ1v) is 13.8. The van der Waals surface area contributed by atoms with Crippen molar-refractivity contribution in [1.82, 2.24) is 9.80 Å². The van der Waals surface area contributed by atoms with E-state index in [1.165, 1.54) is 23.9 Å². The summed E-state index contributed by atoms with van der Waals surface area (Å²) < 4.78 is 0. The van der Waals surface area contributed by atoms with Crippen molar-refractivity contribution in [3.63, 3.8) is 0 Å². The quantitative estimate of drug-likeness (QED) is 0.334. The summed E-state index contributed by atoms with van der Waals surface area (Å²) in [6, 6.07) is 7.32. The van der Waals surface area contributed by atoms with Crippen molar-refractivity contribution in [1.29, 1.82) is 0 Å². The highest BCUT2D eigenvalue weighted by Gasteiger charge is 2.18. The molecule has 9 heteroatoms. The molecule has 2 aliphatic rings. The fourth-order valence-corrected chi connectivity index (χ4v) is 6.07. The van der Waals surface area contributed by atoms with E-state index in [2.05, 4.69) is 0 Å². The van der Waals surface area contributed by atoms with E-state index in [1.807, 2.05) is 34.1 Å². The number of rotatable bonds is 6. The summed E-state index contributed by atoms with van der Waals surface area (Å²) in [5, 5.41) is 1.48. The Labute approximate surface area is 229 Å². The molecule has 0 N–H and O–H groups in total. The standard InChI is InChI=1S/C26H24Cl4N2O2S/c27-23-17(7-11-21(33)31-13-1-2-14-31)5-9-19(25(23)29)35-20-10-6-18(24(28)26(20)30)8-12-22(34)32-15-3-4-16-32/h5-12H,1-4,13-16H2/b11-7+,12-8+. The molecule has 4 rings (SSSR count). The second-order valence-electron chi connectivity index (χ2n) is 8.40. The molecule has 0 spiro atoms. The molecule has 0 radical (unpaired) electrons. The SMILES string of the molecule is O=C(/C=C/c1ccc(Sc2ccc(/C=C/C(=O)N3CCCC3)c(Cl)c2Cl)c(Cl)c1Cl)N1CCCC1. The lowest BCUT2D eigenvalue weighted by atomic mass is 10.2. The van der Waals surface area contributed by atoms with E-state index in [4.69, 9.17) is 46.4 Å². The fraction of sp³-hybridized carbons (Fsp3) is 0.308. The Hall–Kier alpha value is -1.63. The molecule has 35 heavy (non-hydrogen) atoms. The Bertz CT molecular complexity index is 1090. The maximum absolute atomic E-state index is 12.3. The average Bonchev–Trinajstić information content (AvgIpc) is 3.58. The van der Waals surface area contributed by atoms with E-state index in [1.54, 1.807) is 12.2 Å². The minimum atomic E-state index is -0.0224. The smallest absolute Gasteiger partial charge is 0.246 e. The normalized spacial score (nSPS) is 16.2. The molecule has 2 saturated heterocycles. The first kappa shape index (κ1) is 26.4. The van der Waals surface area contributed by atoms with Gasteiger partial charge < -0.3 is 9.80 Å². The van der Waals surface area contributed by atoms with Crippen LogP contribution in [0.25, 0.3) is 12.2 Å². The van der Waals surface area contributed by atoms with Crippen molar-refractivity contribution < 1.29 is 9.59 Å². The fourth-order valence-electron chi connectivity index (χ4n) is 4.03. The van der Waals surface area contributed by atoms with Crippen LogP contribution in [0.15, 0.2) is 46.2 Å². The zero-order valence-corrected chi connectivity index (χ0v) is 22.7. The molecular formula is C26H24Cl4N2O2S. The summed E-state index contributed by atoms with van der Waals surface area (Å²) in [5.74, 6) is -0.0448. The highest BCUT2D eigenvalue weighted by atomic mass is 35.5. The highest BCUT2D eigenvalue weighted by Crippen LogP contribution is 2.44. The van der Waals surface area contributed by atoms with Gasteiger partial charge in [0.15, 0.2) is 0 Å². The van der Waals surface area contributed by atoms with Gasteiger partial charge in [0.25, 0.3) is 0 Å². The van der Waals surface area contributed by atoms with Gasteiger partial charge in [0.2, 0.25) is 11.8 Å². The summed E-state index contributed by atoms with van der Waals surface area (Å²) >= 11 is 27.5. The Morgan fingerprint density at radius 1 is 0.629 bits per heavy atom. The molecule has 2 aromatic carbocycles. The largest absolute Gasteiger partial charge is 0.339 e. The topological polar surface area (TPSA) is 40.6 Å². The van der Waals surface area contributed by atoms with Gasteiger partial charge in [0.05, 0.1) is 20.1 Å². The van der Waals surface area contributed by atoms with Crippen molar-refractivity contribution in [3.05, 3.63) is 67.6 Å². The molecule has 184 valence electrons. The average molecular weight is 570 g/mol. The van der Waals surface area contributed by atoms with Crippen LogP contribution in [0, 0.1) is 0 Å². The molecule has 0 atom stereocenters. The number of halogens is 4. The summed E-state index contributed by atoms with van der Waals surface area (Å²) in [4.78, 5) is 29.6. The van der Waals surface area contributed by atoms with Gasteiger partial charge in [-0.25, -0.2) is 0 Å². The minimum Gasteiger partial charge on any atom is -0.339 e. The minimum absolute atomic E-state index is 0.0224. The number of benzene rings is 2. The first-order valence-electron chi connectivity index (χ1n) is 11.4. The van der Waals surface area contributed by atoms with Crippen LogP contribution in [0.5, 0.6) is 0 Å². The van der Waals surface area contributed by atoms with Crippen LogP contribution in [-0.4, -0.2) is 47.8 Å². The van der Waals surface area contributed by atoms with Crippen molar-refractivity contribution in [3.8, 4) is 0 Å². The third kappa shape index (κ3) is 6.39. The van der Waals surface area contributed by atoms with Crippen molar-refractivity contribution in [2.75, 3.05) is 26.2 Å². The van der Waals surface area contributed by atoms with E-state index < -0.39 is 0 Å². The number of nitrogens with zero attached hydrogens (tertiary/aromatic N) is 2. The molecule has 2 amide bonds. The molecule has 2 aliphatic heterocycles. The number of hydrogen-bond acceptors (Lipinski definition) is 3. The highest BCUT2D eigenvalue weighted by molar-refractivity contribution is 7.99. The summed E-state index contributed by atoms with van der Waals surface area (Å²) in [7, 11) is 0. The van der Waals surface area contributed by atoms with Gasteiger partial charge in [-0.3, -0.25) is 9.59 Å². The Morgan fingerprint density at radius 2 is 1.00 bits per heavy atom. The lowest BCUT2D eigenvalue weighted by molar-refractivity contribution is -0.125. The molecule has 0 unspecified atom stereocenters. The predicted molar refractivity (Wildman–Crippen MR) is 147 cm³/mol. The van der Waals surface area contributed by atoms with Gasteiger partial charge in [0, 0.05) is 48.1 Å². The first-order chi connectivity index (χ1) is 16.8. The van der Waals surface area contributed by atoms with Gasteiger partial charge in [0.1, 0.15) is 0 Å². The van der Waals surface area contributed by atoms with E-state index >= 15 is 0 Å². The van der Waals surface area contributed by atoms with Crippen LogP contribution >= 0.6 is 58.2 Å². The van der Waals surface area contributed by atoms with E-state index in [0.717, 1.165) is 51.9 Å². The Morgan fingerprint density at radius 3 is 1.37 bits per heavy atom. The Kier molecular flexibility index (Phi) is 9.12. The van der Waals surface area contributed by atoms with E-state index in [9.17, 15) is 9.59 Å². The molecule has 2 heterocycles. The van der Waals surface area contributed by atoms with Crippen LogP contribution in [0.4, 0.5) is 0 Å². The van der Waals surface area contributed by atoms with Crippen molar-refractivity contribution >= 4 is 82.1 Å². The molecule has 0 bridgehead atoms.